The molecule has 1 aromatic carbocycles. The lowest BCUT2D eigenvalue weighted by atomic mass is 9.98. The average molecular weight is 269 g/mol. The Kier molecular flexibility index (Phi) is 3.88. The van der Waals surface area contributed by atoms with Crippen molar-refractivity contribution in [3.05, 3.63) is 35.9 Å². The van der Waals surface area contributed by atoms with Gasteiger partial charge in [-0.05, 0) is 42.5 Å². The molecule has 0 aromatic heterocycles. The lowest BCUT2D eigenvalue weighted by Gasteiger charge is -2.34. The van der Waals surface area contributed by atoms with Gasteiger partial charge in [0.15, 0.2) is 0 Å². The second kappa shape index (κ2) is 5.27. The minimum atomic E-state index is -4.30. The van der Waals surface area contributed by atoms with Crippen LogP contribution in [0.2, 0.25) is 0 Å². The SMILES string of the molecule is C=Cc1cc(C(F)(F)F)ccc1N1CCCC(C)C1. The third-order valence-electron chi connectivity index (χ3n) is 3.57. The van der Waals surface area contributed by atoms with Gasteiger partial charge in [-0.25, -0.2) is 0 Å². The zero-order valence-corrected chi connectivity index (χ0v) is 11.0. The maximum Gasteiger partial charge on any atom is 0.416 e. The highest BCUT2D eigenvalue weighted by Gasteiger charge is 2.31. The molecule has 1 aromatic rings. The van der Waals surface area contributed by atoms with Crippen molar-refractivity contribution >= 4 is 11.8 Å². The van der Waals surface area contributed by atoms with Crippen LogP contribution in [0.1, 0.15) is 30.9 Å². The second-order valence-corrected chi connectivity index (χ2v) is 5.17. The molecule has 19 heavy (non-hydrogen) atoms. The van der Waals surface area contributed by atoms with Crippen LogP contribution in [0.5, 0.6) is 0 Å². The van der Waals surface area contributed by atoms with Crippen LogP contribution in [-0.4, -0.2) is 13.1 Å². The summed E-state index contributed by atoms with van der Waals surface area (Å²) >= 11 is 0. The minimum absolute atomic E-state index is 0.559. The van der Waals surface area contributed by atoms with Crippen molar-refractivity contribution in [2.24, 2.45) is 5.92 Å². The first-order chi connectivity index (χ1) is 8.91. The predicted octanol–water partition coefficient (Wildman–Crippen LogP) is 4.58. The Morgan fingerprint density at radius 1 is 1.37 bits per heavy atom. The summed E-state index contributed by atoms with van der Waals surface area (Å²) < 4.78 is 38.1. The van der Waals surface area contributed by atoms with E-state index in [9.17, 15) is 13.2 Å². The Morgan fingerprint density at radius 3 is 2.68 bits per heavy atom. The van der Waals surface area contributed by atoms with Crippen molar-refractivity contribution < 1.29 is 13.2 Å². The van der Waals surface area contributed by atoms with Gasteiger partial charge in [0.25, 0.3) is 0 Å². The zero-order valence-electron chi connectivity index (χ0n) is 11.0. The molecule has 1 unspecified atom stereocenters. The highest BCUT2D eigenvalue weighted by molar-refractivity contribution is 5.68. The molecule has 1 fully saturated rings. The van der Waals surface area contributed by atoms with E-state index in [1.54, 1.807) is 6.07 Å². The number of benzene rings is 1. The van der Waals surface area contributed by atoms with Crippen LogP contribution in [0.25, 0.3) is 6.08 Å². The largest absolute Gasteiger partial charge is 0.416 e. The molecule has 1 saturated heterocycles. The van der Waals surface area contributed by atoms with E-state index in [-0.39, 0.29) is 0 Å². The maximum absolute atomic E-state index is 12.7. The fourth-order valence-corrected chi connectivity index (χ4v) is 2.59. The van der Waals surface area contributed by atoms with E-state index in [0.29, 0.717) is 11.5 Å². The first-order valence-electron chi connectivity index (χ1n) is 6.50. The van der Waals surface area contributed by atoms with E-state index in [0.717, 1.165) is 31.3 Å². The molecule has 1 atom stereocenters. The van der Waals surface area contributed by atoms with Crippen LogP contribution in [0.15, 0.2) is 24.8 Å². The summed E-state index contributed by atoms with van der Waals surface area (Å²) in [7, 11) is 0. The Hall–Kier alpha value is -1.45. The molecule has 4 heteroatoms. The number of piperidine rings is 1. The molecule has 1 aliphatic rings. The lowest BCUT2D eigenvalue weighted by Crippen LogP contribution is -2.34. The smallest absolute Gasteiger partial charge is 0.371 e. The third kappa shape index (κ3) is 3.11. The summed E-state index contributed by atoms with van der Waals surface area (Å²) in [5.41, 5.74) is 0.801. The number of halogens is 3. The summed E-state index contributed by atoms with van der Waals surface area (Å²) in [6.07, 6.45) is -0.533. The highest BCUT2D eigenvalue weighted by Crippen LogP contribution is 2.34. The van der Waals surface area contributed by atoms with Crippen LogP contribution in [0.3, 0.4) is 0 Å². The van der Waals surface area contributed by atoms with E-state index >= 15 is 0 Å². The number of hydrogen-bond acceptors (Lipinski definition) is 1. The number of hydrogen-bond donors (Lipinski definition) is 0. The monoisotopic (exact) mass is 269 g/mol. The fraction of sp³-hybridized carbons (Fsp3) is 0.467. The van der Waals surface area contributed by atoms with Crippen LogP contribution in [0, 0.1) is 5.92 Å². The van der Waals surface area contributed by atoms with Gasteiger partial charge in [-0.3, -0.25) is 0 Å². The molecule has 0 saturated carbocycles. The molecule has 0 bridgehead atoms. The van der Waals surface area contributed by atoms with Crippen molar-refractivity contribution in [3.63, 3.8) is 0 Å². The topological polar surface area (TPSA) is 3.24 Å². The Balaban J connectivity index is 2.33. The summed E-state index contributed by atoms with van der Waals surface area (Å²) in [6, 6.07) is 3.90. The minimum Gasteiger partial charge on any atom is -0.371 e. The first kappa shape index (κ1) is 14.0. The molecule has 0 aliphatic carbocycles. The van der Waals surface area contributed by atoms with Crippen LogP contribution < -0.4 is 4.90 Å². The van der Waals surface area contributed by atoms with Gasteiger partial charge in [-0.15, -0.1) is 0 Å². The summed E-state index contributed by atoms with van der Waals surface area (Å²) in [4.78, 5) is 2.16. The Labute approximate surface area is 111 Å². The molecule has 0 spiro atoms. The van der Waals surface area contributed by atoms with E-state index in [2.05, 4.69) is 18.4 Å². The number of rotatable bonds is 2. The zero-order chi connectivity index (χ0) is 14.0. The summed E-state index contributed by atoms with van der Waals surface area (Å²) in [5, 5.41) is 0. The van der Waals surface area contributed by atoms with Crippen molar-refractivity contribution in [1.82, 2.24) is 0 Å². The molecule has 2 rings (SSSR count). The van der Waals surface area contributed by atoms with Crippen LogP contribution >= 0.6 is 0 Å². The third-order valence-corrected chi connectivity index (χ3v) is 3.57. The van der Waals surface area contributed by atoms with E-state index in [1.807, 2.05) is 0 Å². The first-order valence-corrected chi connectivity index (χ1v) is 6.50. The molecule has 104 valence electrons. The summed E-state index contributed by atoms with van der Waals surface area (Å²) in [6.45, 7) is 7.60. The molecular weight excluding hydrogens is 251 g/mol. The van der Waals surface area contributed by atoms with Gasteiger partial charge >= 0.3 is 6.18 Å². The lowest BCUT2D eigenvalue weighted by molar-refractivity contribution is -0.137. The maximum atomic E-state index is 12.7. The molecule has 0 radical (unpaired) electrons. The molecule has 0 amide bonds. The van der Waals surface area contributed by atoms with Gasteiger partial charge < -0.3 is 4.90 Å². The van der Waals surface area contributed by atoms with E-state index in [1.165, 1.54) is 18.6 Å². The molecular formula is C15H18F3N. The van der Waals surface area contributed by atoms with Gasteiger partial charge in [-0.1, -0.05) is 19.6 Å². The van der Waals surface area contributed by atoms with Crippen LogP contribution in [0.4, 0.5) is 18.9 Å². The number of nitrogens with zero attached hydrogens (tertiary/aromatic N) is 1. The Morgan fingerprint density at radius 2 is 2.11 bits per heavy atom. The van der Waals surface area contributed by atoms with E-state index in [4.69, 9.17) is 0 Å². The normalized spacial score (nSPS) is 20.4. The molecule has 1 aliphatic heterocycles. The van der Waals surface area contributed by atoms with Gasteiger partial charge in [0.05, 0.1) is 5.56 Å². The van der Waals surface area contributed by atoms with Crippen LogP contribution in [-0.2, 0) is 6.18 Å². The summed E-state index contributed by atoms with van der Waals surface area (Å²) in [5.74, 6) is 0.578. The van der Waals surface area contributed by atoms with Crippen molar-refractivity contribution in [3.8, 4) is 0 Å². The van der Waals surface area contributed by atoms with Crippen molar-refractivity contribution in [1.29, 1.82) is 0 Å². The van der Waals surface area contributed by atoms with Crippen molar-refractivity contribution in [2.75, 3.05) is 18.0 Å². The molecule has 1 heterocycles. The standard InChI is InChI=1S/C15H18F3N/c1-3-12-9-13(15(16,17)18)6-7-14(12)19-8-4-5-11(2)10-19/h3,6-7,9,11H,1,4-5,8,10H2,2H3. The van der Waals surface area contributed by atoms with Gasteiger partial charge in [0.1, 0.15) is 0 Å². The molecule has 0 N–H and O–H groups in total. The number of anilines is 1. The Bertz CT molecular complexity index is 465. The van der Waals surface area contributed by atoms with E-state index < -0.39 is 11.7 Å². The van der Waals surface area contributed by atoms with Gasteiger partial charge in [-0.2, -0.15) is 13.2 Å². The van der Waals surface area contributed by atoms with Gasteiger partial charge in [0.2, 0.25) is 0 Å². The highest BCUT2D eigenvalue weighted by atomic mass is 19.4. The fourth-order valence-electron chi connectivity index (χ4n) is 2.59. The second-order valence-electron chi connectivity index (χ2n) is 5.17. The van der Waals surface area contributed by atoms with Gasteiger partial charge in [0, 0.05) is 18.8 Å². The quantitative estimate of drug-likeness (QED) is 0.759. The number of alkyl halides is 3. The molecule has 1 nitrogen and oxygen atoms in total. The van der Waals surface area contributed by atoms with Crippen molar-refractivity contribution in [2.45, 2.75) is 25.9 Å². The predicted molar refractivity (Wildman–Crippen MR) is 72.1 cm³/mol. The average Bonchev–Trinajstić information content (AvgIpc) is 2.37.